The molecule has 2 bridgehead atoms. The van der Waals surface area contributed by atoms with E-state index in [9.17, 15) is 14.4 Å². The SMILES string of the molecule is CCOC(=O)O[C@H]1[C@@H](N2CCC(C)CC2)C2=C[C@@H](OC2=O)[C@@H]2C(C)C(=O)O[C@H]2C[C@]2(C)O[C@@H]12. The number of fused-ring (bicyclic) bond motifs is 4. The molecule has 9 nitrogen and oxygen atoms in total. The Balaban J connectivity index is 1.56. The van der Waals surface area contributed by atoms with Crippen molar-refractivity contribution in [3.8, 4) is 0 Å². The highest BCUT2D eigenvalue weighted by Gasteiger charge is 2.65. The summed E-state index contributed by atoms with van der Waals surface area (Å²) in [6.45, 7) is 9.44. The molecule has 3 fully saturated rings. The van der Waals surface area contributed by atoms with E-state index >= 15 is 0 Å². The van der Waals surface area contributed by atoms with Gasteiger partial charge < -0.3 is 23.7 Å². The molecule has 0 radical (unpaired) electrons. The van der Waals surface area contributed by atoms with Gasteiger partial charge in [0, 0.05) is 12.3 Å². The van der Waals surface area contributed by atoms with Crippen LogP contribution in [0.5, 0.6) is 0 Å². The number of epoxide rings is 1. The van der Waals surface area contributed by atoms with E-state index in [1.54, 1.807) is 6.92 Å². The lowest BCUT2D eigenvalue weighted by Gasteiger charge is -2.40. The van der Waals surface area contributed by atoms with Gasteiger partial charge in [-0.3, -0.25) is 9.69 Å². The van der Waals surface area contributed by atoms with Gasteiger partial charge in [-0.15, -0.1) is 0 Å². The van der Waals surface area contributed by atoms with Gasteiger partial charge in [0.25, 0.3) is 0 Å². The molecule has 3 saturated heterocycles. The van der Waals surface area contributed by atoms with Crippen LogP contribution in [0, 0.1) is 17.8 Å². The fourth-order valence-corrected chi connectivity index (χ4v) is 6.04. The zero-order valence-electron chi connectivity index (χ0n) is 19.7. The van der Waals surface area contributed by atoms with Crippen LogP contribution in [-0.2, 0) is 33.3 Å². The number of esters is 2. The molecule has 8 atom stereocenters. The monoisotopic (exact) mass is 463 g/mol. The van der Waals surface area contributed by atoms with Crippen LogP contribution in [0.2, 0.25) is 0 Å². The summed E-state index contributed by atoms with van der Waals surface area (Å²) in [6, 6.07) is -0.504. The predicted molar refractivity (Wildman–Crippen MR) is 114 cm³/mol. The first-order valence-corrected chi connectivity index (χ1v) is 12.1. The van der Waals surface area contributed by atoms with Crippen molar-refractivity contribution in [2.24, 2.45) is 17.8 Å². The number of carbonyl (C=O) groups excluding carboxylic acids is 3. The molecular weight excluding hydrogens is 430 g/mol. The van der Waals surface area contributed by atoms with E-state index in [4.69, 9.17) is 23.7 Å². The summed E-state index contributed by atoms with van der Waals surface area (Å²) in [6.07, 6.45) is 1.27. The van der Waals surface area contributed by atoms with E-state index in [0.29, 0.717) is 17.9 Å². The first kappa shape index (κ1) is 22.7. The van der Waals surface area contributed by atoms with Crippen LogP contribution in [0.3, 0.4) is 0 Å². The second-order valence-electron chi connectivity index (χ2n) is 10.3. The van der Waals surface area contributed by atoms with Crippen molar-refractivity contribution in [3.63, 3.8) is 0 Å². The Hall–Kier alpha value is -2.13. The summed E-state index contributed by atoms with van der Waals surface area (Å²) in [7, 11) is 0. The zero-order valence-corrected chi connectivity index (χ0v) is 19.7. The molecule has 0 amide bonds. The molecule has 0 spiro atoms. The molecule has 0 aromatic carbocycles. The Morgan fingerprint density at radius 1 is 1.21 bits per heavy atom. The number of likely N-dealkylation sites (tertiary alicyclic amines) is 1. The molecule has 4 heterocycles. The number of hydrogen-bond donors (Lipinski definition) is 0. The number of nitrogens with zero attached hydrogens (tertiary/aromatic N) is 1. The number of ether oxygens (including phenoxy) is 5. The second kappa shape index (κ2) is 8.27. The van der Waals surface area contributed by atoms with Crippen molar-refractivity contribution in [1.82, 2.24) is 4.90 Å². The van der Waals surface area contributed by atoms with Gasteiger partial charge in [0.1, 0.15) is 18.3 Å². The van der Waals surface area contributed by atoms with Crippen molar-refractivity contribution in [3.05, 3.63) is 11.6 Å². The average molecular weight is 464 g/mol. The van der Waals surface area contributed by atoms with E-state index in [2.05, 4.69) is 11.8 Å². The largest absolute Gasteiger partial charge is 0.508 e. The van der Waals surface area contributed by atoms with Gasteiger partial charge in [-0.2, -0.15) is 0 Å². The van der Waals surface area contributed by atoms with Crippen molar-refractivity contribution < 1.29 is 38.1 Å². The normalized spacial score (nSPS) is 43.0. The zero-order chi connectivity index (χ0) is 23.5. The molecule has 0 aromatic heterocycles. The molecule has 1 aliphatic carbocycles. The van der Waals surface area contributed by atoms with Gasteiger partial charge in [0.15, 0.2) is 6.10 Å². The quantitative estimate of drug-likeness (QED) is 0.354. The molecule has 33 heavy (non-hydrogen) atoms. The summed E-state index contributed by atoms with van der Waals surface area (Å²) < 4.78 is 28.6. The van der Waals surface area contributed by atoms with Crippen LogP contribution in [0.1, 0.15) is 47.0 Å². The smallest absolute Gasteiger partial charge is 0.462 e. The third-order valence-corrected chi connectivity index (χ3v) is 8.03. The minimum Gasteiger partial charge on any atom is -0.462 e. The Labute approximate surface area is 193 Å². The van der Waals surface area contributed by atoms with E-state index in [-0.39, 0.29) is 24.4 Å². The van der Waals surface area contributed by atoms with Crippen LogP contribution >= 0.6 is 0 Å². The molecule has 0 saturated carbocycles. The van der Waals surface area contributed by atoms with E-state index in [1.807, 2.05) is 19.9 Å². The molecule has 0 N–H and O–H groups in total. The van der Waals surface area contributed by atoms with E-state index in [1.165, 1.54) is 0 Å². The van der Waals surface area contributed by atoms with Gasteiger partial charge >= 0.3 is 18.1 Å². The summed E-state index contributed by atoms with van der Waals surface area (Å²) in [5.74, 6) is -0.790. The van der Waals surface area contributed by atoms with Gasteiger partial charge in [-0.05, 0) is 51.8 Å². The van der Waals surface area contributed by atoms with Gasteiger partial charge in [0.05, 0.1) is 29.7 Å². The minimum absolute atomic E-state index is 0.185. The third kappa shape index (κ3) is 3.93. The Morgan fingerprint density at radius 3 is 2.64 bits per heavy atom. The minimum atomic E-state index is -0.782. The molecule has 5 rings (SSSR count). The summed E-state index contributed by atoms with van der Waals surface area (Å²) in [5, 5.41) is 0. The molecule has 0 aromatic rings. The first-order chi connectivity index (χ1) is 15.7. The van der Waals surface area contributed by atoms with Crippen molar-refractivity contribution in [2.75, 3.05) is 19.7 Å². The average Bonchev–Trinajstić information content (AvgIpc) is 3.15. The van der Waals surface area contributed by atoms with Gasteiger partial charge in [-0.1, -0.05) is 13.8 Å². The molecule has 1 unspecified atom stereocenters. The van der Waals surface area contributed by atoms with E-state index in [0.717, 1.165) is 25.9 Å². The van der Waals surface area contributed by atoms with Crippen molar-refractivity contribution in [1.29, 1.82) is 0 Å². The fourth-order valence-electron chi connectivity index (χ4n) is 6.04. The molecular formula is C24H33NO8. The molecule has 4 aliphatic heterocycles. The molecule has 182 valence electrons. The number of piperidine rings is 1. The lowest BCUT2D eigenvalue weighted by molar-refractivity contribution is -0.144. The maximum atomic E-state index is 13.2. The maximum Gasteiger partial charge on any atom is 0.508 e. The van der Waals surface area contributed by atoms with Crippen LogP contribution in [-0.4, -0.2) is 78.7 Å². The standard InChI is InChI=1S/C24H33NO8/c1-5-29-23(28)32-19-18(25-8-6-12(2)7-9-25)14-10-15(30-22(14)27)17-13(3)21(26)31-16(17)11-24(4)20(19)33-24/h10,12-13,15-20H,5-9,11H2,1-4H3/t13?,15-,16+,17+,18+,19+,20+,24+/m1/s1. The van der Waals surface area contributed by atoms with Crippen molar-refractivity contribution >= 4 is 18.1 Å². The maximum absolute atomic E-state index is 13.2. The Bertz CT molecular complexity index is 865. The van der Waals surface area contributed by atoms with Crippen LogP contribution in [0.15, 0.2) is 11.6 Å². The predicted octanol–water partition coefficient (Wildman–Crippen LogP) is 2.22. The highest BCUT2D eigenvalue weighted by atomic mass is 16.7. The first-order valence-electron chi connectivity index (χ1n) is 12.1. The second-order valence-corrected chi connectivity index (χ2v) is 10.3. The highest BCUT2D eigenvalue weighted by molar-refractivity contribution is 5.93. The van der Waals surface area contributed by atoms with Crippen LogP contribution in [0.25, 0.3) is 0 Å². The fraction of sp³-hybridized carbons (Fsp3) is 0.792. The lowest BCUT2D eigenvalue weighted by atomic mass is 9.79. The van der Waals surface area contributed by atoms with Gasteiger partial charge in [-0.25, -0.2) is 9.59 Å². The third-order valence-electron chi connectivity index (χ3n) is 8.03. The van der Waals surface area contributed by atoms with Crippen LogP contribution < -0.4 is 0 Å². The summed E-state index contributed by atoms with van der Waals surface area (Å²) in [4.78, 5) is 40.3. The Kier molecular flexibility index (Phi) is 5.68. The summed E-state index contributed by atoms with van der Waals surface area (Å²) in [5.41, 5.74) is -0.180. The topological polar surface area (TPSA) is 104 Å². The lowest BCUT2D eigenvalue weighted by Crippen LogP contribution is -2.53. The van der Waals surface area contributed by atoms with Crippen LogP contribution in [0.4, 0.5) is 4.79 Å². The van der Waals surface area contributed by atoms with Gasteiger partial charge in [0.2, 0.25) is 0 Å². The Morgan fingerprint density at radius 2 is 1.94 bits per heavy atom. The van der Waals surface area contributed by atoms with E-state index < -0.39 is 48.2 Å². The van der Waals surface area contributed by atoms with Crippen molar-refractivity contribution in [2.45, 2.75) is 83.0 Å². The highest BCUT2D eigenvalue weighted by Crippen LogP contribution is 2.51. The number of carbonyl (C=O) groups is 3. The molecule has 5 aliphatic rings. The summed E-state index contributed by atoms with van der Waals surface area (Å²) >= 11 is 0. The number of rotatable bonds is 3. The number of hydrogen-bond acceptors (Lipinski definition) is 9. The molecule has 9 heteroatoms.